The lowest BCUT2D eigenvalue weighted by Gasteiger charge is -2.30. The summed E-state index contributed by atoms with van der Waals surface area (Å²) in [5, 5.41) is 11.5. The van der Waals surface area contributed by atoms with Crippen LogP contribution in [0, 0.1) is 0 Å². The minimum absolute atomic E-state index is 0. The molecule has 0 bridgehead atoms. The molecule has 0 saturated heterocycles. The number of halogens is 1. The third kappa shape index (κ3) is 7.47. The highest BCUT2D eigenvalue weighted by Crippen LogP contribution is 2.13. The number of nitrogens with one attached hydrogen (secondary N) is 2. The Morgan fingerprint density at radius 2 is 2.04 bits per heavy atom. The van der Waals surface area contributed by atoms with Crippen LogP contribution < -0.4 is 10.6 Å². The molecular weight excluding hydrogens is 469 g/mol. The van der Waals surface area contributed by atoms with Crippen molar-refractivity contribution in [1.29, 1.82) is 0 Å². The fourth-order valence-electron chi connectivity index (χ4n) is 3.64. The standard InChI is InChI=1S/C19H37N7O.HI/c1-14(2)25(15(3)4)11-7-10-21-19(20-5)22-16-8-9-18-23-17(13-27-6)24-26(18)12-16;/h14-16H,7-13H2,1-6H3,(H2,20,21,22);1H. The van der Waals surface area contributed by atoms with Crippen molar-refractivity contribution >= 4 is 29.9 Å². The Morgan fingerprint density at radius 1 is 1.32 bits per heavy atom. The van der Waals surface area contributed by atoms with Crippen LogP contribution in [0.1, 0.15) is 52.2 Å². The molecule has 2 N–H and O–H groups in total. The van der Waals surface area contributed by atoms with Crippen LogP contribution in [-0.4, -0.2) is 71.0 Å². The van der Waals surface area contributed by atoms with Crippen LogP contribution in [0.4, 0.5) is 0 Å². The summed E-state index contributed by atoms with van der Waals surface area (Å²) in [7, 11) is 3.49. The smallest absolute Gasteiger partial charge is 0.191 e. The van der Waals surface area contributed by atoms with E-state index in [2.05, 4.69) is 58.3 Å². The van der Waals surface area contributed by atoms with Crippen molar-refractivity contribution in [2.75, 3.05) is 27.2 Å². The molecule has 0 saturated carbocycles. The van der Waals surface area contributed by atoms with E-state index in [1.807, 2.05) is 11.7 Å². The first-order valence-electron chi connectivity index (χ1n) is 10.1. The van der Waals surface area contributed by atoms with Crippen LogP contribution in [0.15, 0.2) is 4.99 Å². The van der Waals surface area contributed by atoms with Crippen LogP contribution in [0.5, 0.6) is 0 Å². The summed E-state index contributed by atoms with van der Waals surface area (Å²) in [5.41, 5.74) is 0. The number of hydrogen-bond donors (Lipinski definition) is 2. The predicted molar refractivity (Wildman–Crippen MR) is 124 cm³/mol. The van der Waals surface area contributed by atoms with E-state index in [1.54, 1.807) is 7.11 Å². The van der Waals surface area contributed by atoms with Gasteiger partial charge in [-0.15, -0.1) is 24.0 Å². The second-order valence-corrected chi connectivity index (χ2v) is 7.72. The molecule has 9 heteroatoms. The van der Waals surface area contributed by atoms with Gasteiger partial charge in [0.25, 0.3) is 0 Å². The van der Waals surface area contributed by atoms with Gasteiger partial charge in [-0.05, 0) is 40.5 Å². The van der Waals surface area contributed by atoms with Crippen LogP contribution in [0.3, 0.4) is 0 Å². The maximum atomic E-state index is 5.13. The van der Waals surface area contributed by atoms with Crippen LogP contribution in [0.25, 0.3) is 0 Å². The monoisotopic (exact) mass is 507 g/mol. The zero-order chi connectivity index (χ0) is 19.8. The Hall–Kier alpha value is -0.940. The lowest BCUT2D eigenvalue weighted by molar-refractivity contribution is 0.173. The molecule has 0 amide bonds. The number of hydrogen-bond acceptors (Lipinski definition) is 5. The van der Waals surface area contributed by atoms with Crippen molar-refractivity contribution < 1.29 is 4.74 Å². The average molecular weight is 507 g/mol. The van der Waals surface area contributed by atoms with Crippen molar-refractivity contribution in [1.82, 2.24) is 30.3 Å². The first-order valence-corrected chi connectivity index (χ1v) is 10.1. The number of methoxy groups -OCH3 is 1. The second kappa shape index (κ2) is 12.6. The number of ether oxygens (including phenoxy) is 1. The van der Waals surface area contributed by atoms with Crippen molar-refractivity contribution in [3.05, 3.63) is 11.6 Å². The Labute approximate surface area is 186 Å². The van der Waals surface area contributed by atoms with Gasteiger partial charge in [0.1, 0.15) is 12.4 Å². The van der Waals surface area contributed by atoms with Gasteiger partial charge in [0.05, 0.1) is 6.54 Å². The molecular formula is C19H38IN7O. The van der Waals surface area contributed by atoms with Gasteiger partial charge in [-0.1, -0.05) is 0 Å². The van der Waals surface area contributed by atoms with Gasteiger partial charge in [-0.25, -0.2) is 9.67 Å². The minimum atomic E-state index is 0. The maximum Gasteiger partial charge on any atom is 0.191 e. The molecule has 2 rings (SSSR count). The molecule has 1 aliphatic heterocycles. The number of aryl methyl sites for hydroxylation is 1. The summed E-state index contributed by atoms with van der Waals surface area (Å²) in [6.07, 6.45) is 3.04. The van der Waals surface area contributed by atoms with E-state index in [-0.39, 0.29) is 24.0 Å². The molecule has 28 heavy (non-hydrogen) atoms. The molecule has 1 unspecified atom stereocenters. The summed E-state index contributed by atoms with van der Waals surface area (Å²) in [5.74, 6) is 2.67. The second-order valence-electron chi connectivity index (χ2n) is 7.72. The molecule has 8 nitrogen and oxygen atoms in total. The zero-order valence-corrected chi connectivity index (χ0v) is 20.6. The summed E-state index contributed by atoms with van der Waals surface area (Å²) in [6, 6.07) is 1.46. The molecule has 0 radical (unpaired) electrons. The van der Waals surface area contributed by atoms with E-state index >= 15 is 0 Å². The van der Waals surface area contributed by atoms with E-state index in [0.29, 0.717) is 24.7 Å². The van der Waals surface area contributed by atoms with Crippen molar-refractivity contribution in [3.8, 4) is 0 Å². The number of rotatable bonds is 9. The van der Waals surface area contributed by atoms with Gasteiger partial charge < -0.3 is 15.4 Å². The van der Waals surface area contributed by atoms with Gasteiger partial charge in [-0.2, -0.15) is 5.10 Å². The number of aliphatic imine (C=N–C) groups is 1. The Morgan fingerprint density at radius 3 is 2.64 bits per heavy atom. The molecule has 1 aromatic rings. The molecule has 1 aliphatic rings. The summed E-state index contributed by atoms with van der Waals surface area (Å²) in [6.45, 7) is 12.3. The Balaban J connectivity index is 0.00000392. The highest BCUT2D eigenvalue weighted by atomic mass is 127. The molecule has 0 aromatic carbocycles. The zero-order valence-electron chi connectivity index (χ0n) is 18.2. The third-order valence-corrected chi connectivity index (χ3v) is 4.95. The van der Waals surface area contributed by atoms with Gasteiger partial charge >= 0.3 is 0 Å². The van der Waals surface area contributed by atoms with Gasteiger partial charge in [0.2, 0.25) is 0 Å². The van der Waals surface area contributed by atoms with E-state index in [4.69, 9.17) is 4.74 Å². The quantitative estimate of drug-likeness (QED) is 0.231. The van der Waals surface area contributed by atoms with Crippen molar-refractivity contribution in [3.63, 3.8) is 0 Å². The lowest BCUT2D eigenvalue weighted by Crippen LogP contribution is -2.47. The van der Waals surface area contributed by atoms with Crippen LogP contribution in [0.2, 0.25) is 0 Å². The Bertz CT molecular complexity index is 595. The number of guanidine groups is 1. The third-order valence-electron chi connectivity index (χ3n) is 4.95. The average Bonchev–Trinajstić information content (AvgIpc) is 3.01. The van der Waals surface area contributed by atoms with E-state index in [0.717, 1.165) is 56.5 Å². The molecule has 0 fully saturated rings. The predicted octanol–water partition coefficient (Wildman–Crippen LogP) is 2.03. The van der Waals surface area contributed by atoms with Crippen LogP contribution >= 0.6 is 24.0 Å². The molecule has 162 valence electrons. The molecule has 2 heterocycles. The van der Waals surface area contributed by atoms with Crippen LogP contribution in [-0.2, 0) is 24.3 Å². The number of aromatic nitrogens is 3. The van der Waals surface area contributed by atoms with E-state index < -0.39 is 0 Å². The number of fused-ring (bicyclic) bond motifs is 1. The van der Waals surface area contributed by atoms with Crippen molar-refractivity contribution in [2.24, 2.45) is 4.99 Å². The first kappa shape index (κ1) is 25.1. The lowest BCUT2D eigenvalue weighted by atomic mass is 10.1. The summed E-state index contributed by atoms with van der Waals surface area (Å²) >= 11 is 0. The fraction of sp³-hybridized carbons (Fsp3) is 0.842. The molecule has 1 atom stereocenters. The van der Waals surface area contributed by atoms with Gasteiger partial charge in [0, 0.05) is 51.8 Å². The highest BCUT2D eigenvalue weighted by Gasteiger charge is 2.22. The van der Waals surface area contributed by atoms with Crippen molar-refractivity contribution in [2.45, 2.75) is 78.2 Å². The topological polar surface area (TPSA) is 79.6 Å². The molecule has 0 spiro atoms. The Kier molecular flexibility index (Phi) is 11.3. The van der Waals surface area contributed by atoms with E-state index in [1.165, 1.54) is 0 Å². The summed E-state index contributed by atoms with van der Waals surface area (Å²) in [4.78, 5) is 11.4. The van der Waals surface area contributed by atoms with Gasteiger partial charge in [-0.3, -0.25) is 9.89 Å². The SMILES string of the molecule is CN=C(NCCCN(C(C)C)C(C)C)NC1CCc2nc(COC)nn2C1.I. The first-order chi connectivity index (χ1) is 12.9. The fourth-order valence-corrected chi connectivity index (χ4v) is 3.64. The highest BCUT2D eigenvalue weighted by molar-refractivity contribution is 14.0. The molecule has 0 aliphatic carbocycles. The molecule has 1 aromatic heterocycles. The summed E-state index contributed by atoms with van der Waals surface area (Å²) < 4.78 is 7.12. The normalized spacial score (nSPS) is 17.0. The maximum absolute atomic E-state index is 5.13. The minimum Gasteiger partial charge on any atom is -0.377 e. The largest absolute Gasteiger partial charge is 0.377 e. The van der Waals surface area contributed by atoms with Gasteiger partial charge in [0.15, 0.2) is 11.8 Å². The number of nitrogens with zero attached hydrogens (tertiary/aromatic N) is 5. The van der Waals surface area contributed by atoms with E-state index in [9.17, 15) is 0 Å².